The van der Waals surface area contributed by atoms with Crippen molar-refractivity contribution >= 4 is 11.0 Å². The molecule has 2 heteroatoms. The molecule has 0 amide bonds. The lowest BCUT2D eigenvalue weighted by Gasteiger charge is -2.04. The van der Waals surface area contributed by atoms with Crippen molar-refractivity contribution in [2.24, 2.45) is 0 Å². The summed E-state index contributed by atoms with van der Waals surface area (Å²) in [5.74, 6) is 0. The van der Waals surface area contributed by atoms with Crippen molar-refractivity contribution in [1.82, 2.24) is 0 Å². The normalized spacial score (nSPS) is 10.6. The number of fused-ring (bicyclic) bond motifs is 1. The van der Waals surface area contributed by atoms with E-state index in [9.17, 15) is 4.79 Å². The van der Waals surface area contributed by atoms with Crippen LogP contribution in [-0.2, 0) is 0 Å². The standard InChI is InChI=1S/C15H9O2/c16-15-10-13(11-6-2-1-3-7-11)12-8-4-5-9-14(12)17-15/h1-4,6-10H. The fraction of sp³-hybridized carbons (Fsp3) is 0. The van der Waals surface area contributed by atoms with E-state index < -0.39 is 0 Å². The topological polar surface area (TPSA) is 30.2 Å². The van der Waals surface area contributed by atoms with E-state index >= 15 is 0 Å². The Balaban J connectivity index is 2.40. The molecule has 0 saturated heterocycles. The lowest BCUT2D eigenvalue weighted by molar-refractivity contribution is 0.561. The van der Waals surface area contributed by atoms with Crippen LogP contribution in [0.15, 0.2) is 63.8 Å². The van der Waals surface area contributed by atoms with Gasteiger partial charge in [0.25, 0.3) is 0 Å². The Hall–Kier alpha value is -2.35. The van der Waals surface area contributed by atoms with Gasteiger partial charge in [-0.2, -0.15) is 0 Å². The predicted octanol–water partition coefficient (Wildman–Crippen LogP) is 3.26. The van der Waals surface area contributed by atoms with Gasteiger partial charge in [-0.25, -0.2) is 4.79 Å². The molecule has 1 heterocycles. The van der Waals surface area contributed by atoms with Crippen molar-refractivity contribution in [3.63, 3.8) is 0 Å². The van der Waals surface area contributed by atoms with Gasteiger partial charge in [0, 0.05) is 11.5 Å². The molecule has 0 unspecified atom stereocenters. The minimum Gasteiger partial charge on any atom is -0.423 e. The van der Waals surface area contributed by atoms with Crippen LogP contribution in [-0.4, -0.2) is 0 Å². The highest BCUT2D eigenvalue weighted by molar-refractivity contribution is 5.92. The van der Waals surface area contributed by atoms with Crippen molar-refractivity contribution in [3.8, 4) is 11.1 Å². The molecule has 0 N–H and O–H groups in total. The maximum atomic E-state index is 11.5. The molecule has 0 fully saturated rings. The molecule has 0 aliphatic heterocycles. The molecule has 2 aromatic carbocycles. The van der Waals surface area contributed by atoms with E-state index in [1.54, 1.807) is 6.07 Å². The smallest absolute Gasteiger partial charge is 0.336 e. The lowest BCUT2D eigenvalue weighted by Crippen LogP contribution is -1.97. The molecule has 0 aliphatic carbocycles. The first kappa shape index (κ1) is 9.85. The fourth-order valence-electron chi connectivity index (χ4n) is 1.91. The van der Waals surface area contributed by atoms with Crippen molar-refractivity contribution in [1.29, 1.82) is 0 Å². The van der Waals surface area contributed by atoms with Crippen molar-refractivity contribution in [3.05, 3.63) is 71.1 Å². The molecular formula is C15H9O2. The molecule has 3 rings (SSSR count). The first-order valence-electron chi connectivity index (χ1n) is 5.34. The van der Waals surface area contributed by atoms with Gasteiger partial charge in [-0.1, -0.05) is 36.4 Å². The number of rotatable bonds is 1. The van der Waals surface area contributed by atoms with Crippen LogP contribution in [0.3, 0.4) is 0 Å². The zero-order valence-corrected chi connectivity index (χ0v) is 9.01. The zero-order valence-electron chi connectivity index (χ0n) is 9.01. The largest absolute Gasteiger partial charge is 0.423 e. The first-order valence-corrected chi connectivity index (χ1v) is 5.34. The van der Waals surface area contributed by atoms with E-state index in [1.165, 1.54) is 6.07 Å². The van der Waals surface area contributed by atoms with Crippen LogP contribution in [0.5, 0.6) is 0 Å². The van der Waals surface area contributed by atoms with Crippen LogP contribution >= 0.6 is 0 Å². The summed E-state index contributed by atoms with van der Waals surface area (Å²) in [6, 6.07) is 19.6. The fourth-order valence-corrected chi connectivity index (χ4v) is 1.91. The van der Waals surface area contributed by atoms with E-state index in [-0.39, 0.29) is 5.63 Å². The summed E-state index contributed by atoms with van der Waals surface area (Å²) in [6.07, 6.45) is 0. The number of benzene rings is 2. The zero-order chi connectivity index (χ0) is 11.7. The van der Waals surface area contributed by atoms with E-state index in [0.29, 0.717) is 5.58 Å². The molecule has 2 nitrogen and oxygen atoms in total. The highest BCUT2D eigenvalue weighted by Gasteiger charge is 2.06. The Bertz CT molecular complexity index is 712. The molecule has 0 atom stereocenters. The Labute approximate surface area is 98.1 Å². The summed E-state index contributed by atoms with van der Waals surface area (Å²) in [6.45, 7) is 0. The van der Waals surface area contributed by atoms with Crippen molar-refractivity contribution in [2.45, 2.75) is 0 Å². The molecule has 0 spiro atoms. The lowest BCUT2D eigenvalue weighted by atomic mass is 10.0. The quantitative estimate of drug-likeness (QED) is 0.590. The van der Waals surface area contributed by atoms with Crippen molar-refractivity contribution < 1.29 is 4.42 Å². The second-order valence-electron chi connectivity index (χ2n) is 3.77. The maximum absolute atomic E-state index is 11.5. The molecule has 0 aliphatic rings. The summed E-state index contributed by atoms with van der Waals surface area (Å²) in [5, 5.41) is 0.926. The van der Waals surface area contributed by atoms with Crippen LogP contribution in [0.2, 0.25) is 0 Å². The maximum Gasteiger partial charge on any atom is 0.336 e. The van der Waals surface area contributed by atoms with Crippen LogP contribution in [0.4, 0.5) is 0 Å². The molecule has 17 heavy (non-hydrogen) atoms. The van der Waals surface area contributed by atoms with Crippen LogP contribution in [0, 0.1) is 6.07 Å². The van der Waals surface area contributed by atoms with Gasteiger partial charge in [-0.3, -0.25) is 0 Å². The molecule has 3 aromatic rings. The third-order valence-electron chi connectivity index (χ3n) is 2.67. The van der Waals surface area contributed by atoms with Crippen molar-refractivity contribution in [2.75, 3.05) is 0 Å². The minimum atomic E-state index is -0.337. The Kier molecular flexibility index (Phi) is 2.26. The molecule has 1 aromatic heterocycles. The molecule has 81 valence electrons. The number of hydrogen-bond donors (Lipinski definition) is 0. The van der Waals surface area contributed by atoms with E-state index in [1.807, 2.05) is 42.5 Å². The Morgan fingerprint density at radius 2 is 1.88 bits per heavy atom. The van der Waals surface area contributed by atoms with Gasteiger partial charge in [0.1, 0.15) is 5.58 Å². The molecule has 1 radical (unpaired) electrons. The Morgan fingerprint density at radius 1 is 1.06 bits per heavy atom. The minimum absolute atomic E-state index is 0.337. The molecule has 0 bridgehead atoms. The molecular weight excluding hydrogens is 212 g/mol. The van der Waals surface area contributed by atoms with Gasteiger partial charge in [0.05, 0.1) is 0 Å². The third-order valence-corrected chi connectivity index (χ3v) is 2.67. The first-order chi connectivity index (χ1) is 8.34. The van der Waals surface area contributed by atoms with E-state index in [4.69, 9.17) is 4.42 Å². The van der Waals surface area contributed by atoms with Crippen LogP contribution in [0.25, 0.3) is 22.1 Å². The third kappa shape index (κ3) is 1.74. The van der Waals surface area contributed by atoms with Crippen LogP contribution in [0.1, 0.15) is 0 Å². The highest BCUT2D eigenvalue weighted by atomic mass is 16.4. The van der Waals surface area contributed by atoms with Gasteiger partial charge in [0.15, 0.2) is 0 Å². The summed E-state index contributed by atoms with van der Waals surface area (Å²) >= 11 is 0. The van der Waals surface area contributed by atoms with E-state index in [2.05, 4.69) is 6.07 Å². The Morgan fingerprint density at radius 3 is 2.71 bits per heavy atom. The molecule has 0 saturated carbocycles. The SMILES string of the molecule is O=c1cc(-c2ccccc2)c2cc[c]cc2o1. The average Bonchev–Trinajstić information content (AvgIpc) is 2.39. The van der Waals surface area contributed by atoms with Gasteiger partial charge >= 0.3 is 5.63 Å². The highest BCUT2D eigenvalue weighted by Crippen LogP contribution is 2.26. The van der Waals surface area contributed by atoms with Gasteiger partial charge in [0.2, 0.25) is 0 Å². The van der Waals surface area contributed by atoms with Gasteiger partial charge < -0.3 is 4.42 Å². The summed E-state index contributed by atoms with van der Waals surface area (Å²) < 4.78 is 5.14. The van der Waals surface area contributed by atoms with E-state index in [0.717, 1.165) is 16.5 Å². The predicted molar refractivity (Wildman–Crippen MR) is 66.8 cm³/mol. The summed E-state index contributed by atoms with van der Waals surface area (Å²) in [5.41, 5.74) is 2.14. The van der Waals surface area contributed by atoms with Crippen LogP contribution < -0.4 is 5.63 Å². The van der Waals surface area contributed by atoms with Gasteiger partial charge in [-0.05, 0) is 29.3 Å². The summed E-state index contributed by atoms with van der Waals surface area (Å²) in [4.78, 5) is 11.5. The second kappa shape index (κ2) is 3.91. The second-order valence-corrected chi connectivity index (χ2v) is 3.77. The van der Waals surface area contributed by atoms with Gasteiger partial charge in [-0.15, -0.1) is 0 Å². The number of hydrogen-bond acceptors (Lipinski definition) is 2. The summed E-state index contributed by atoms with van der Waals surface area (Å²) in [7, 11) is 0. The monoisotopic (exact) mass is 221 g/mol. The average molecular weight is 221 g/mol.